The average Bonchev–Trinajstić information content (AvgIpc) is 3.12. The van der Waals surface area contributed by atoms with Gasteiger partial charge in [0.1, 0.15) is 29.2 Å². The first-order chi connectivity index (χ1) is 10.7. The molecule has 2 aromatic heterocycles. The van der Waals surface area contributed by atoms with Crippen LogP contribution in [0.3, 0.4) is 0 Å². The maximum atomic E-state index is 5.75. The molecular formula is C15H14N4OS2. The van der Waals surface area contributed by atoms with E-state index in [9.17, 15) is 0 Å². The van der Waals surface area contributed by atoms with Crippen molar-refractivity contribution in [3.8, 4) is 5.75 Å². The summed E-state index contributed by atoms with van der Waals surface area (Å²) in [5.74, 6) is 1.77. The van der Waals surface area contributed by atoms with Crippen molar-refractivity contribution in [1.82, 2.24) is 15.0 Å². The van der Waals surface area contributed by atoms with E-state index in [2.05, 4.69) is 39.3 Å². The van der Waals surface area contributed by atoms with Crippen molar-refractivity contribution in [2.24, 2.45) is 0 Å². The van der Waals surface area contributed by atoms with E-state index in [1.54, 1.807) is 29.4 Å². The fraction of sp³-hybridized carbons (Fsp3) is 0.267. The Bertz CT molecular complexity index is 849. The molecule has 4 rings (SSSR count). The minimum Gasteiger partial charge on any atom is -0.491 e. The fourth-order valence-corrected chi connectivity index (χ4v) is 4.01. The van der Waals surface area contributed by atoms with Gasteiger partial charge < -0.3 is 10.1 Å². The minimum absolute atomic E-state index is 0.104. The molecule has 1 aliphatic rings. The van der Waals surface area contributed by atoms with Crippen molar-refractivity contribution in [3.63, 3.8) is 0 Å². The number of thiazole rings is 1. The smallest absolute Gasteiger partial charge is 0.176 e. The van der Waals surface area contributed by atoms with E-state index in [0.717, 1.165) is 26.3 Å². The zero-order valence-corrected chi connectivity index (χ0v) is 13.8. The van der Waals surface area contributed by atoms with Crippen molar-refractivity contribution < 1.29 is 4.74 Å². The van der Waals surface area contributed by atoms with Gasteiger partial charge >= 0.3 is 0 Å². The molecule has 22 heavy (non-hydrogen) atoms. The first-order valence-electron chi connectivity index (χ1n) is 6.90. The third kappa shape index (κ3) is 2.30. The number of thioether (sulfide) groups is 1. The molecule has 0 amide bonds. The van der Waals surface area contributed by atoms with Gasteiger partial charge in [0, 0.05) is 5.56 Å². The summed E-state index contributed by atoms with van der Waals surface area (Å²) in [5.41, 5.74) is 3.16. The number of hydrogen-bond acceptors (Lipinski definition) is 7. The van der Waals surface area contributed by atoms with E-state index in [4.69, 9.17) is 4.74 Å². The molecule has 3 heterocycles. The van der Waals surface area contributed by atoms with E-state index in [1.807, 2.05) is 12.3 Å². The van der Waals surface area contributed by atoms with Crippen LogP contribution >= 0.6 is 23.1 Å². The Hall–Kier alpha value is -1.86. The summed E-state index contributed by atoms with van der Waals surface area (Å²) in [6.45, 7) is 2.70. The summed E-state index contributed by atoms with van der Waals surface area (Å²) in [7, 11) is 0. The second-order valence-corrected chi connectivity index (χ2v) is 7.16. The first kappa shape index (κ1) is 13.8. The number of fused-ring (bicyclic) bond motifs is 2. The lowest BCUT2D eigenvalue weighted by Gasteiger charge is -2.12. The molecule has 7 heteroatoms. The van der Waals surface area contributed by atoms with Crippen molar-refractivity contribution in [3.05, 3.63) is 35.7 Å². The monoisotopic (exact) mass is 330 g/mol. The van der Waals surface area contributed by atoms with Crippen molar-refractivity contribution in [2.45, 2.75) is 17.3 Å². The zero-order valence-electron chi connectivity index (χ0n) is 12.2. The molecule has 1 aliphatic heterocycles. The standard InChI is InChI=1S/C15H14N4OS2/c1-8-3-4-11-9(5-8)10(6-20-11)18-13-12-14(17-7-16-13)19-15(21-2)22-12/h3-5,7,10H,6H2,1-2H3,(H,16,17,18). The maximum Gasteiger partial charge on any atom is 0.176 e. The number of aromatic nitrogens is 3. The van der Waals surface area contributed by atoms with E-state index < -0.39 is 0 Å². The highest BCUT2D eigenvalue weighted by Crippen LogP contribution is 2.37. The molecule has 0 saturated carbocycles. The minimum atomic E-state index is 0.104. The van der Waals surface area contributed by atoms with Crippen LogP contribution in [-0.4, -0.2) is 27.8 Å². The van der Waals surface area contributed by atoms with E-state index in [0.29, 0.717) is 6.61 Å². The maximum absolute atomic E-state index is 5.75. The van der Waals surface area contributed by atoms with Crippen molar-refractivity contribution in [1.29, 1.82) is 0 Å². The number of benzene rings is 1. The molecule has 0 spiro atoms. The largest absolute Gasteiger partial charge is 0.491 e. The van der Waals surface area contributed by atoms with Crippen LogP contribution in [-0.2, 0) is 0 Å². The summed E-state index contributed by atoms with van der Waals surface area (Å²) in [6.07, 6.45) is 3.57. The highest BCUT2D eigenvalue weighted by Gasteiger charge is 2.25. The summed E-state index contributed by atoms with van der Waals surface area (Å²) in [4.78, 5) is 13.1. The van der Waals surface area contributed by atoms with Gasteiger partial charge in [-0.25, -0.2) is 15.0 Å². The summed E-state index contributed by atoms with van der Waals surface area (Å²) in [6, 6.07) is 6.37. The highest BCUT2D eigenvalue weighted by molar-refractivity contribution is 8.00. The molecule has 0 fully saturated rings. The number of ether oxygens (including phenoxy) is 1. The average molecular weight is 330 g/mol. The van der Waals surface area contributed by atoms with Gasteiger partial charge in [0.25, 0.3) is 0 Å². The predicted octanol–water partition coefficient (Wildman–Crippen LogP) is 3.66. The quantitative estimate of drug-likeness (QED) is 0.740. The van der Waals surface area contributed by atoms with Gasteiger partial charge in [-0.3, -0.25) is 0 Å². The van der Waals surface area contributed by atoms with Crippen LogP contribution in [0.5, 0.6) is 5.75 Å². The van der Waals surface area contributed by atoms with Crippen LogP contribution in [0.1, 0.15) is 17.2 Å². The van der Waals surface area contributed by atoms with E-state index >= 15 is 0 Å². The topological polar surface area (TPSA) is 59.9 Å². The lowest BCUT2D eigenvalue weighted by Crippen LogP contribution is -2.13. The molecule has 1 aromatic carbocycles. The van der Waals surface area contributed by atoms with Crippen LogP contribution in [0, 0.1) is 6.92 Å². The second-order valence-electron chi connectivity index (χ2n) is 5.11. The molecule has 0 radical (unpaired) electrons. The number of nitrogens with one attached hydrogen (secondary N) is 1. The van der Waals surface area contributed by atoms with Gasteiger partial charge in [-0.05, 0) is 19.2 Å². The van der Waals surface area contributed by atoms with Crippen LogP contribution in [0.4, 0.5) is 5.82 Å². The van der Waals surface area contributed by atoms with Crippen LogP contribution in [0.25, 0.3) is 10.3 Å². The number of hydrogen-bond donors (Lipinski definition) is 1. The molecule has 1 unspecified atom stereocenters. The number of rotatable bonds is 3. The molecule has 1 atom stereocenters. The van der Waals surface area contributed by atoms with Gasteiger partial charge in [0.2, 0.25) is 0 Å². The Labute approximate surface area is 136 Å². The van der Waals surface area contributed by atoms with Gasteiger partial charge in [0.15, 0.2) is 9.99 Å². The lowest BCUT2D eigenvalue weighted by molar-refractivity contribution is 0.339. The van der Waals surface area contributed by atoms with Gasteiger partial charge in [-0.2, -0.15) is 0 Å². The van der Waals surface area contributed by atoms with E-state index in [-0.39, 0.29) is 6.04 Å². The second kappa shape index (κ2) is 5.40. The SMILES string of the molecule is CSc1nc2ncnc(NC3COc4ccc(C)cc43)c2s1. The molecule has 0 bridgehead atoms. The normalized spacial score (nSPS) is 16.5. The van der Waals surface area contributed by atoms with Crippen molar-refractivity contribution in [2.75, 3.05) is 18.2 Å². The zero-order chi connectivity index (χ0) is 15.1. The molecular weight excluding hydrogens is 316 g/mol. The Balaban J connectivity index is 1.71. The van der Waals surface area contributed by atoms with Crippen LogP contribution in [0.15, 0.2) is 28.9 Å². The summed E-state index contributed by atoms with van der Waals surface area (Å²) < 4.78 is 7.75. The molecule has 3 aromatic rings. The van der Waals surface area contributed by atoms with Crippen LogP contribution < -0.4 is 10.1 Å². The van der Waals surface area contributed by atoms with Gasteiger partial charge in [-0.1, -0.05) is 29.5 Å². The first-order valence-corrected chi connectivity index (χ1v) is 8.94. The molecule has 1 N–H and O–H groups in total. The Morgan fingerprint density at radius 1 is 1.36 bits per heavy atom. The molecule has 0 aliphatic carbocycles. The Morgan fingerprint density at radius 2 is 2.27 bits per heavy atom. The number of nitrogens with zero attached hydrogens (tertiary/aromatic N) is 3. The Morgan fingerprint density at radius 3 is 3.14 bits per heavy atom. The molecule has 0 saturated heterocycles. The predicted molar refractivity (Wildman–Crippen MR) is 90.0 cm³/mol. The fourth-order valence-electron chi connectivity index (χ4n) is 2.54. The molecule has 112 valence electrons. The summed E-state index contributed by atoms with van der Waals surface area (Å²) in [5, 5.41) is 3.49. The number of anilines is 1. The van der Waals surface area contributed by atoms with Gasteiger partial charge in [0.05, 0.1) is 6.04 Å². The highest BCUT2D eigenvalue weighted by atomic mass is 32.2. The van der Waals surface area contributed by atoms with Crippen LogP contribution in [0.2, 0.25) is 0 Å². The third-order valence-electron chi connectivity index (χ3n) is 3.60. The van der Waals surface area contributed by atoms with Gasteiger partial charge in [-0.15, -0.1) is 11.3 Å². The van der Waals surface area contributed by atoms with E-state index in [1.165, 1.54) is 11.1 Å². The van der Waals surface area contributed by atoms with Crippen molar-refractivity contribution >= 4 is 39.3 Å². The number of aryl methyl sites for hydroxylation is 1. The third-order valence-corrected chi connectivity index (χ3v) is 5.64. The Kier molecular flexibility index (Phi) is 3.38. The lowest BCUT2D eigenvalue weighted by atomic mass is 10.1. The summed E-state index contributed by atoms with van der Waals surface area (Å²) >= 11 is 3.24. The molecule has 5 nitrogen and oxygen atoms in total.